The van der Waals surface area contributed by atoms with Crippen molar-refractivity contribution < 1.29 is 0 Å². The Hall–Kier alpha value is -2.76. The summed E-state index contributed by atoms with van der Waals surface area (Å²) in [4.78, 5) is 10.8. The zero-order valence-corrected chi connectivity index (χ0v) is 26.3. The number of hydrogen-bond donors (Lipinski definition) is 0. The second-order valence-corrected chi connectivity index (χ2v) is 13.7. The van der Waals surface area contributed by atoms with Crippen LogP contribution in [0.3, 0.4) is 0 Å². The van der Waals surface area contributed by atoms with E-state index in [-0.39, 0.29) is 21.5 Å². The maximum absolute atomic E-state index is 6.56. The molecule has 0 aliphatic heterocycles. The Morgan fingerprint density at radius 2 is 0.976 bits per heavy atom. The molecule has 4 aromatic carbocycles. The molecule has 2 aliphatic carbocycles. The average Bonchev–Trinajstić information content (AvgIpc) is 3.00. The van der Waals surface area contributed by atoms with E-state index in [0.717, 1.165) is 39.6 Å². The topological polar surface area (TPSA) is 25.8 Å². The number of fused-ring (bicyclic) bond motifs is 8. The number of benzene rings is 4. The molecule has 6 heteroatoms. The van der Waals surface area contributed by atoms with Crippen LogP contribution in [0.25, 0.3) is 44.1 Å². The molecule has 0 N–H and O–H groups in total. The second kappa shape index (κ2) is 9.91. The van der Waals surface area contributed by atoms with Crippen molar-refractivity contribution in [2.24, 2.45) is 0 Å². The van der Waals surface area contributed by atoms with Crippen LogP contribution >= 0.6 is 55.1 Å². The normalized spacial score (nSPS) is 21.1. The highest BCUT2D eigenvalue weighted by atomic mass is 79.9. The minimum absolute atomic E-state index is 0.0273. The van der Waals surface area contributed by atoms with Gasteiger partial charge >= 0.3 is 0 Å². The van der Waals surface area contributed by atoms with Crippen molar-refractivity contribution in [1.29, 1.82) is 0 Å². The SMILES string of the molecule is Clc1ccc2nc3c(c(-c4ccccc4)c2c1)[C@H](Br)[C@@H]1C[C@H]3[C@@H](Br)c2c1nc1ccc(Cl)cc1c2-c1ccccc1. The van der Waals surface area contributed by atoms with Gasteiger partial charge in [-0.3, -0.25) is 9.97 Å². The lowest BCUT2D eigenvalue weighted by atomic mass is 9.67. The molecule has 0 spiro atoms. The third-order valence-electron chi connectivity index (χ3n) is 8.62. The first-order chi connectivity index (χ1) is 20.0. The quantitative estimate of drug-likeness (QED) is 0.168. The molecule has 8 rings (SSSR count). The fourth-order valence-electron chi connectivity index (χ4n) is 6.91. The molecule has 2 nitrogen and oxygen atoms in total. The zero-order chi connectivity index (χ0) is 27.8. The molecule has 2 aliphatic rings. The van der Waals surface area contributed by atoms with Gasteiger partial charge in [0.25, 0.3) is 0 Å². The van der Waals surface area contributed by atoms with Crippen LogP contribution in [-0.4, -0.2) is 9.97 Å². The smallest absolute Gasteiger partial charge is 0.0712 e. The van der Waals surface area contributed by atoms with E-state index in [1.807, 2.05) is 24.3 Å². The van der Waals surface area contributed by atoms with E-state index in [0.29, 0.717) is 10.0 Å². The van der Waals surface area contributed by atoms with Crippen LogP contribution < -0.4 is 0 Å². The average molecular weight is 701 g/mol. The molecule has 0 saturated heterocycles. The molecule has 0 radical (unpaired) electrons. The fraction of sp³-hybridized carbons (Fsp3) is 0.143. The number of rotatable bonds is 2. The molecule has 0 saturated carbocycles. The molecule has 0 amide bonds. The summed E-state index contributed by atoms with van der Waals surface area (Å²) in [5.41, 5.74) is 11.4. The highest BCUT2D eigenvalue weighted by Gasteiger charge is 2.47. The van der Waals surface area contributed by atoms with Gasteiger partial charge < -0.3 is 0 Å². The Bertz CT molecular complexity index is 1850. The lowest BCUT2D eigenvalue weighted by Crippen LogP contribution is -2.30. The van der Waals surface area contributed by atoms with Crippen molar-refractivity contribution >= 4 is 76.9 Å². The Kier molecular flexibility index (Phi) is 6.27. The molecule has 41 heavy (non-hydrogen) atoms. The number of hydrogen-bond acceptors (Lipinski definition) is 2. The summed E-state index contributed by atoms with van der Waals surface area (Å²) < 4.78 is 0. The summed E-state index contributed by atoms with van der Waals surface area (Å²) in [7, 11) is 0. The predicted molar refractivity (Wildman–Crippen MR) is 178 cm³/mol. The zero-order valence-electron chi connectivity index (χ0n) is 21.7. The molecule has 4 atom stereocenters. The van der Waals surface area contributed by atoms with Crippen LogP contribution in [0.2, 0.25) is 10.0 Å². The Labute approximate surface area is 265 Å². The molecular formula is C35H22Br2Cl2N2. The lowest BCUT2D eigenvalue weighted by molar-refractivity contribution is 0.437. The van der Waals surface area contributed by atoms with E-state index in [1.54, 1.807) is 0 Å². The van der Waals surface area contributed by atoms with Crippen molar-refractivity contribution in [2.45, 2.75) is 27.9 Å². The van der Waals surface area contributed by atoms with Crippen molar-refractivity contribution in [1.82, 2.24) is 9.97 Å². The Morgan fingerprint density at radius 1 is 0.561 bits per heavy atom. The van der Waals surface area contributed by atoms with Crippen molar-refractivity contribution in [3.8, 4) is 22.3 Å². The van der Waals surface area contributed by atoms with Gasteiger partial charge in [0.15, 0.2) is 0 Å². The number of nitrogens with zero attached hydrogens (tertiary/aromatic N) is 2. The van der Waals surface area contributed by atoms with E-state index < -0.39 is 0 Å². The third-order valence-corrected chi connectivity index (χ3v) is 11.3. The molecule has 2 bridgehead atoms. The van der Waals surface area contributed by atoms with Gasteiger partial charge in [-0.2, -0.15) is 0 Å². The van der Waals surface area contributed by atoms with Crippen LogP contribution in [-0.2, 0) is 0 Å². The monoisotopic (exact) mass is 698 g/mol. The molecule has 200 valence electrons. The first kappa shape index (κ1) is 25.9. The van der Waals surface area contributed by atoms with Gasteiger partial charge in [0.1, 0.15) is 0 Å². The summed E-state index contributed by atoms with van der Waals surface area (Å²) in [6, 6.07) is 33.3. The van der Waals surface area contributed by atoms with E-state index >= 15 is 0 Å². The van der Waals surface area contributed by atoms with E-state index in [4.69, 9.17) is 33.2 Å². The van der Waals surface area contributed by atoms with E-state index in [1.165, 1.54) is 33.4 Å². The number of halogens is 4. The summed E-state index contributed by atoms with van der Waals surface area (Å²) in [6.45, 7) is 0. The van der Waals surface area contributed by atoms with Crippen LogP contribution in [0.15, 0.2) is 97.1 Å². The van der Waals surface area contributed by atoms with Gasteiger partial charge in [-0.1, -0.05) is 116 Å². The molecule has 0 unspecified atom stereocenters. The van der Waals surface area contributed by atoms with E-state index in [9.17, 15) is 0 Å². The summed E-state index contributed by atoms with van der Waals surface area (Å²) in [5.74, 6) is 0.333. The predicted octanol–water partition coefficient (Wildman–Crippen LogP) is 11.6. The third kappa shape index (κ3) is 4.02. The van der Waals surface area contributed by atoms with E-state index in [2.05, 4.69) is 105 Å². The highest BCUT2D eigenvalue weighted by molar-refractivity contribution is 9.09. The van der Waals surface area contributed by atoms with Crippen molar-refractivity contribution in [2.75, 3.05) is 0 Å². The lowest BCUT2D eigenvalue weighted by Gasteiger charge is -2.44. The number of alkyl halides is 2. The van der Waals surface area contributed by atoms with Gasteiger partial charge in [-0.25, -0.2) is 0 Å². The molecule has 2 heterocycles. The van der Waals surface area contributed by atoms with Crippen LogP contribution in [0.1, 0.15) is 50.4 Å². The van der Waals surface area contributed by atoms with Gasteiger partial charge in [0.2, 0.25) is 0 Å². The van der Waals surface area contributed by atoms with Crippen LogP contribution in [0.4, 0.5) is 0 Å². The first-order valence-electron chi connectivity index (χ1n) is 13.6. The van der Waals surface area contributed by atoms with Crippen molar-refractivity contribution in [3.63, 3.8) is 0 Å². The first-order valence-corrected chi connectivity index (χ1v) is 16.2. The molecular weight excluding hydrogens is 679 g/mol. The largest absolute Gasteiger partial charge is 0.252 e. The summed E-state index contributed by atoms with van der Waals surface area (Å²) in [5, 5.41) is 3.57. The summed E-state index contributed by atoms with van der Waals surface area (Å²) >= 11 is 21.6. The highest BCUT2D eigenvalue weighted by Crippen LogP contribution is 2.63. The second-order valence-electron chi connectivity index (χ2n) is 10.9. The number of aromatic nitrogens is 2. The molecule has 6 aromatic rings. The minimum Gasteiger partial charge on any atom is -0.252 e. The standard InChI is InChI=1S/C35H22Br2Cl2N2/c36-32-24-17-25(34-30(32)28(18-7-3-1-4-8-18)22-15-20(38)11-13-26(22)40-34)33(37)31-29(19-9-5-2-6-10-19)23-16-21(39)12-14-27(23)41-35(24)31/h1-16,24-25,32-33H,17H2/t24-,25-,32+,33+/m0/s1. The minimum atomic E-state index is 0.0273. The maximum Gasteiger partial charge on any atom is 0.0712 e. The number of pyridine rings is 2. The Morgan fingerprint density at radius 3 is 1.39 bits per heavy atom. The molecule has 2 aromatic heterocycles. The van der Waals surface area contributed by atoms with Gasteiger partial charge in [-0.15, -0.1) is 0 Å². The van der Waals surface area contributed by atoms with Crippen LogP contribution in [0, 0.1) is 0 Å². The van der Waals surface area contributed by atoms with Gasteiger partial charge in [0.05, 0.1) is 32.1 Å². The molecule has 0 fully saturated rings. The van der Waals surface area contributed by atoms with Gasteiger partial charge in [-0.05, 0) is 76.2 Å². The van der Waals surface area contributed by atoms with Crippen molar-refractivity contribution in [3.05, 3.63) is 130 Å². The maximum atomic E-state index is 6.56. The fourth-order valence-corrected chi connectivity index (χ4v) is 9.11. The van der Waals surface area contributed by atoms with Crippen LogP contribution in [0.5, 0.6) is 0 Å². The van der Waals surface area contributed by atoms with Gasteiger partial charge in [0, 0.05) is 32.7 Å². The Balaban J connectivity index is 1.45. The summed E-state index contributed by atoms with van der Waals surface area (Å²) in [6.07, 6.45) is 0.951.